The fourth-order valence-electron chi connectivity index (χ4n) is 7.40. The minimum absolute atomic E-state index is 0.0296. The molecule has 3 fully saturated rings. The first-order valence-corrected chi connectivity index (χ1v) is 14.9. The SMILES string of the molecule is CC(=O)OC1CC(OC(C)=O)C2(C)C(OC(C)=O)CCC3(CO3)C2C(OC(=O)CC(C)C)C2(O)C(C=C1C)OC(=O)C2C. The molecular formula is C31H44O12. The number of fused-ring (bicyclic) bond motifs is 3. The molecule has 12 heteroatoms. The summed E-state index contributed by atoms with van der Waals surface area (Å²) in [6, 6.07) is 0. The maximum absolute atomic E-state index is 13.4. The van der Waals surface area contributed by atoms with Crippen LogP contribution < -0.4 is 0 Å². The van der Waals surface area contributed by atoms with E-state index >= 15 is 0 Å². The van der Waals surface area contributed by atoms with Crippen LogP contribution in [0.2, 0.25) is 0 Å². The van der Waals surface area contributed by atoms with Crippen molar-refractivity contribution in [2.24, 2.45) is 23.2 Å². The smallest absolute Gasteiger partial charge is 0.312 e. The Hall–Kier alpha value is -2.99. The molecule has 2 heterocycles. The molecule has 0 bridgehead atoms. The monoisotopic (exact) mass is 608 g/mol. The number of rotatable bonds is 6. The first-order chi connectivity index (χ1) is 19.9. The van der Waals surface area contributed by atoms with Gasteiger partial charge in [0.2, 0.25) is 0 Å². The molecule has 1 saturated carbocycles. The molecule has 1 N–H and O–H groups in total. The summed E-state index contributed by atoms with van der Waals surface area (Å²) in [4.78, 5) is 63.9. The molecule has 0 amide bonds. The van der Waals surface area contributed by atoms with Crippen LogP contribution in [0.3, 0.4) is 0 Å². The summed E-state index contributed by atoms with van der Waals surface area (Å²) in [7, 11) is 0. The lowest BCUT2D eigenvalue weighted by Crippen LogP contribution is -2.69. The number of hydrogen-bond acceptors (Lipinski definition) is 12. The van der Waals surface area contributed by atoms with Crippen molar-refractivity contribution in [2.75, 3.05) is 6.61 Å². The highest BCUT2D eigenvalue weighted by Crippen LogP contribution is 2.62. The first kappa shape index (κ1) is 32.9. The number of hydrogen-bond donors (Lipinski definition) is 1. The van der Waals surface area contributed by atoms with Crippen molar-refractivity contribution in [2.45, 2.75) is 123 Å². The van der Waals surface area contributed by atoms with E-state index in [4.69, 9.17) is 28.4 Å². The van der Waals surface area contributed by atoms with Crippen molar-refractivity contribution in [3.63, 3.8) is 0 Å². The number of esters is 5. The average molecular weight is 609 g/mol. The zero-order valence-electron chi connectivity index (χ0n) is 26.2. The Morgan fingerprint density at radius 3 is 2.14 bits per heavy atom. The van der Waals surface area contributed by atoms with Gasteiger partial charge in [0.05, 0.1) is 23.5 Å². The Balaban J connectivity index is 2.05. The Bertz CT molecular complexity index is 1190. The summed E-state index contributed by atoms with van der Waals surface area (Å²) < 4.78 is 35.6. The molecular weight excluding hydrogens is 564 g/mol. The van der Waals surface area contributed by atoms with Crippen LogP contribution in [0.4, 0.5) is 0 Å². The fraction of sp³-hybridized carbons (Fsp3) is 0.774. The molecule has 2 aliphatic heterocycles. The summed E-state index contributed by atoms with van der Waals surface area (Å²) in [5.41, 5.74) is -4.03. The van der Waals surface area contributed by atoms with Gasteiger partial charge in [0.15, 0.2) is 11.7 Å². The Morgan fingerprint density at radius 1 is 1.02 bits per heavy atom. The van der Waals surface area contributed by atoms with Crippen molar-refractivity contribution in [1.82, 2.24) is 0 Å². The van der Waals surface area contributed by atoms with E-state index in [1.165, 1.54) is 33.8 Å². The second-order valence-corrected chi connectivity index (χ2v) is 13.2. The lowest BCUT2D eigenvalue weighted by atomic mass is 9.52. The molecule has 0 aromatic heterocycles. The van der Waals surface area contributed by atoms with E-state index in [9.17, 15) is 29.1 Å². The predicted molar refractivity (Wildman–Crippen MR) is 148 cm³/mol. The largest absolute Gasteiger partial charge is 0.462 e. The van der Waals surface area contributed by atoms with Crippen molar-refractivity contribution in [1.29, 1.82) is 0 Å². The van der Waals surface area contributed by atoms with E-state index in [1.807, 2.05) is 13.8 Å². The number of ether oxygens (including phenoxy) is 6. The van der Waals surface area contributed by atoms with Gasteiger partial charge in [-0.1, -0.05) is 20.8 Å². The van der Waals surface area contributed by atoms with Crippen molar-refractivity contribution >= 4 is 29.8 Å². The van der Waals surface area contributed by atoms with Crippen LogP contribution >= 0.6 is 0 Å². The van der Waals surface area contributed by atoms with Crippen LogP contribution in [0.25, 0.3) is 0 Å². The average Bonchev–Trinajstić information content (AvgIpc) is 3.61. The van der Waals surface area contributed by atoms with Crippen molar-refractivity contribution < 1.29 is 57.5 Å². The Kier molecular flexibility index (Phi) is 9.06. The molecule has 10 atom stereocenters. The van der Waals surface area contributed by atoms with Gasteiger partial charge in [0.1, 0.15) is 24.4 Å². The van der Waals surface area contributed by atoms with E-state index in [1.54, 1.807) is 13.8 Å². The van der Waals surface area contributed by atoms with E-state index in [0.29, 0.717) is 18.4 Å². The third-order valence-corrected chi connectivity index (χ3v) is 9.58. The molecule has 10 unspecified atom stereocenters. The summed E-state index contributed by atoms with van der Waals surface area (Å²) in [6.07, 6.45) is -3.46. The van der Waals surface area contributed by atoms with Gasteiger partial charge in [-0.05, 0) is 44.3 Å². The number of aliphatic hydroxyl groups is 1. The maximum Gasteiger partial charge on any atom is 0.312 e. The lowest BCUT2D eigenvalue weighted by Gasteiger charge is -2.57. The Morgan fingerprint density at radius 2 is 1.60 bits per heavy atom. The summed E-state index contributed by atoms with van der Waals surface area (Å²) in [5, 5.41) is 12.7. The zero-order valence-corrected chi connectivity index (χ0v) is 26.2. The molecule has 12 nitrogen and oxygen atoms in total. The van der Waals surface area contributed by atoms with Crippen molar-refractivity contribution in [3.8, 4) is 0 Å². The molecule has 4 rings (SSSR count). The standard InChI is InChI=1S/C31H44O12/c1-15(2)11-25(35)43-27-26-29(8,22(40-19(6)33)9-10-30(26)14-38-30)23(41-20(7)34)13-21(39-18(5)32)16(3)12-24-31(27,37)17(4)28(36)42-24/h12,15,17,21-24,26-27,37H,9-11,13-14H2,1-8H3. The number of carbonyl (C=O) groups excluding carboxylic acids is 5. The molecule has 1 spiro atoms. The van der Waals surface area contributed by atoms with Crippen LogP contribution in [-0.4, -0.2) is 83.3 Å². The van der Waals surface area contributed by atoms with Gasteiger partial charge in [-0.25, -0.2) is 0 Å². The lowest BCUT2D eigenvalue weighted by molar-refractivity contribution is -0.244. The van der Waals surface area contributed by atoms with Gasteiger partial charge in [0.25, 0.3) is 0 Å². The highest BCUT2D eigenvalue weighted by Gasteiger charge is 2.75. The highest BCUT2D eigenvalue weighted by atomic mass is 16.6. The molecule has 0 radical (unpaired) electrons. The first-order valence-electron chi connectivity index (χ1n) is 14.9. The van der Waals surface area contributed by atoms with E-state index in [0.717, 1.165) is 0 Å². The molecule has 4 aliphatic rings. The van der Waals surface area contributed by atoms with Crippen LogP contribution in [0.1, 0.15) is 81.1 Å². The molecule has 0 aromatic carbocycles. The van der Waals surface area contributed by atoms with Crippen molar-refractivity contribution in [3.05, 3.63) is 11.6 Å². The van der Waals surface area contributed by atoms with Crippen LogP contribution in [-0.2, 0) is 52.4 Å². The summed E-state index contributed by atoms with van der Waals surface area (Å²) >= 11 is 0. The van der Waals surface area contributed by atoms with Gasteiger partial charge in [-0.15, -0.1) is 0 Å². The van der Waals surface area contributed by atoms with E-state index in [2.05, 4.69) is 0 Å². The van der Waals surface area contributed by atoms with Gasteiger partial charge in [0, 0.05) is 39.5 Å². The molecule has 240 valence electrons. The minimum atomic E-state index is -2.12. The highest BCUT2D eigenvalue weighted by molar-refractivity contribution is 5.78. The predicted octanol–water partition coefficient (Wildman–Crippen LogP) is 2.57. The summed E-state index contributed by atoms with van der Waals surface area (Å²) in [5.74, 6) is -5.32. The maximum atomic E-state index is 13.4. The third kappa shape index (κ3) is 6.05. The zero-order chi connectivity index (χ0) is 32.1. The molecule has 2 saturated heterocycles. The fourth-order valence-corrected chi connectivity index (χ4v) is 7.40. The summed E-state index contributed by atoms with van der Waals surface area (Å²) in [6.45, 7) is 12.6. The van der Waals surface area contributed by atoms with E-state index in [-0.39, 0.29) is 25.4 Å². The quantitative estimate of drug-likeness (QED) is 0.203. The van der Waals surface area contributed by atoms with Gasteiger partial charge in [-0.2, -0.15) is 0 Å². The second kappa shape index (κ2) is 11.8. The van der Waals surface area contributed by atoms with E-state index < -0.39 is 88.8 Å². The minimum Gasteiger partial charge on any atom is -0.462 e. The third-order valence-electron chi connectivity index (χ3n) is 9.58. The molecule has 2 aliphatic carbocycles. The van der Waals surface area contributed by atoms with Gasteiger partial charge < -0.3 is 33.5 Å². The second-order valence-electron chi connectivity index (χ2n) is 13.2. The molecule has 43 heavy (non-hydrogen) atoms. The van der Waals surface area contributed by atoms with Crippen LogP contribution in [0.15, 0.2) is 11.6 Å². The molecule has 0 aromatic rings. The number of epoxide rings is 1. The van der Waals surface area contributed by atoms with Gasteiger partial charge >= 0.3 is 29.8 Å². The van der Waals surface area contributed by atoms with Crippen LogP contribution in [0.5, 0.6) is 0 Å². The topological polar surface area (TPSA) is 164 Å². The van der Waals surface area contributed by atoms with Crippen LogP contribution in [0, 0.1) is 23.2 Å². The normalized spacial score (nSPS) is 40.4. The Labute approximate surface area is 251 Å². The van der Waals surface area contributed by atoms with Gasteiger partial charge in [-0.3, -0.25) is 24.0 Å². The number of carbonyl (C=O) groups is 5.